The molecule has 0 spiro atoms. The Kier molecular flexibility index (Phi) is 4.80. The van der Waals surface area contributed by atoms with Crippen molar-refractivity contribution in [3.05, 3.63) is 39.9 Å². The number of likely N-dealkylation sites (tertiary alicyclic amines) is 1. The molecule has 2 rings (SSSR count). The van der Waals surface area contributed by atoms with E-state index in [4.69, 9.17) is 5.11 Å². The molecule has 0 radical (unpaired) electrons. The molecule has 1 heterocycles. The van der Waals surface area contributed by atoms with Gasteiger partial charge in [0.1, 0.15) is 6.04 Å². The highest BCUT2D eigenvalue weighted by atomic mass is 79.9. The Hall–Kier alpha value is -1.66. The van der Waals surface area contributed by atoms with Crippen LogP contribution < -0.4 is 0 Å². The van der Waals surface area contributed by atoms with Gasteiger partial charge < -0.3 is 15.1 Å². The lowest BCUT2D eigenvalue weighted by molar-refractivity contribution is -0.146. The highest BCUT2D eigenvalue weighted by Gasteiger charge is 2.37. The number of benzene rings is 1. The van der Waals surface area contributed by atoms with E-state index in [2.05, 4.69) is 15.9 Å². The molecule has 1 aliphatic rings. The van der Waals surface area contributed by atoms with Gasteiger partial charge in [0.2, 0.25) is 5.91 Å². The molecule has 0 bridgehead atoms. The van der Waals surface area contributed by atoms with Gasteiger partial charge in [0, 0.05) is 23.5 Å². The van der Waals surface area contributed by atoms with Crippen LogP contribution in [0.25, 0.3) is 6.08 Å². The van der Waals surface area contributed by atoms with E-state index >= 15 is 0 Å². The number of carboxylic acid groups (broad SMARTS) is 1. The van der Waals surface area contributed by atoms with Gasteiger partial charge in [0.15, 0.2) is 0 Å². The van der Waals surface area contributed by atoms with Crippen LogP contribution in [0.15, 0.2) is 28.7 Å². The molecule has 112 valence electrons. The highest BCUT2D eigenvalue weighted by molar-refractivity contribution is 9.10. The second-order valence-electron chi connectivity index (χ2n) is 5.09. The number of β-amino-alcohol motifs (C(OH)–C–C–N with tert-alkyl or cyclic N) is 1. The summed E-state index contributed by atoms with van der Waals surface area (Å²) in [6.07, 6.45) is 2.26. The van der Waals surface area contributed by atoms with Crippen molar-refractivity contribution in [1.82, 2.24) is 4.90 Å². The average Bonchev–Trinajstić information content (AvgIpc) is 2.80. The van der Waals surface area contributed by atoms with Crippen LogP contribution in [0, 0.1) is 6.92 Å². The van der Waals surface area contributed by atoms with E-state index in [0.29, 0.717) is 0 Å². The predicted molar refractivity (Wildman–Crippen MR) is 81.7 cm³/mol. The van der Waals surface area contributed by atoms with Crippen molar-refractivity contribution < 1.29 is 19.8 Å². The zero-order chi connectivity index (χ0) is 15.6. The molecule has 1 saturated heterocycles. The van der Waals surface area contributed by atoms with Crippen LogP contribution in [0.2, 0.25) is 0 Å². The van der Waals surface area contributed by atoms with Crippen molar-refractivity contribution in [3.8, 4) is 0 Å². The van der Waals surface area contributed by atoms with E-state index in [1.54, 1.807) is 6.08 Å². The zero-order valence-electron chi connectivity index (χ0n) is 11.5. The Labute approximate surface area is 131 Å². The van der Waals surface area contributed by atoms with Crippen LogP contribution in [-0.2, 0) is 9.59 Å². The van der Waals surface area contributed by atoms with E-state index in [1.807, 2.05) is 25.1 Å². The lowest BCUT2D eigenvalue weighted by Gasteiger charge is -2.19. The number of carboxylic acids is 1. The molecule has 0 saturated carbocycles. The first-order valence-electron chi connectivity index (χ1n) is 6.54. The number of hydrogen-bond acceptors (Lipinski definition) is 3. The summed E-state index contributed by atoms with van der Waals surface area (Å²) in [5.41, 5.74) is 1.93. The number of carbonyl (C=O) groups is 2. The summed E-state index contributed by atoms with van der Waals surface area (Å²) in [5.74, 6) is -1.50. The summed E-state index contributed by atoms with van der Waals surface area (Å²) < 4.78 is 0.864. The van der Waals surface area contributed by atoms with Crippen molar-refractivity contribution >= 4 is 33.9 Å². The zero-order valence-corrected chi connectivity index (χ0v) is 13.1. The highest BCUT2D eigenvalue weighted by Crippen LogP contribution is 2.21. The van der Waals surface area contributed by atoms with Gasteiger partial charge in [-0.2, -0.15) is 0 Å². The summed E-state index contributed by atoms with van der Waals surface area (Å²) in [5, 5.41) is 18.6. The minimum absolute atomic E-state index is 0.0508. The fourth-order valence-electron chi connectivity index (χ4n) is 2.32. The SMILES string of the molecule is Cc1ccc(/C=C/C(=O)N2CC(O)C[C@H]2C(=O)O)c(Br)c1. The number of aliphatic hydroxyl groups is 1. The van der Waals surface area contributed by atoms with E-state index < -0.39 is 24.0 Å². The number of rotatable bonds is 3. The lowest BCUT2D eigenvalue weighted by atomic mass is 10.1. The van der Waals surface area contributed by atoms with Gasteiger partial charge in [-0.25, -0.2) is 4.79 Å². The van der Waals surface area contributed by atoms with Crippen LogP contribution in [0.5, 0.6) is 0 Å². The van der Waals surface area contributed by atoms with Gasteiger partial charge in [-0.15, -0.1) is 0 Å². The monoisotopic (exact) mass is 353 g/mol. The Morgan fingerprint density at radius 2 is 2.14 bits per heavy atom. The van der Waals surface area contributed by atoms with Gasteiger partial charge in [-0.1, -0.05) is 28.1 Å². The molecule has 1 fully saturated rings. The maximum absolute atomic E-state index is 12.1. The number of carbonyl (C=O) groups excluding carboxylic acids is 1. The molecular weight excluding hydrogens is 338 g/mol. The van der Waals surface area contributed by atoms with Gasteiger partial charge in [-0.05, 0) is 30.2 Å². The number of aliphatic hydroxyl groups excluding tert-OH is 1. The molecule has 1 aromatic carbocycles. The molecule has 1 aliphatic heterocycles. The summed E-state index contributed by atoms with van der Waals surface area (Å²) in [4.78, 5) is 24.4. The fourth-order valence-corrected chi connectivity index (χ4v) is 2.94. The largest absolute Gasteiger partial charge is 0.480 e. The van der Waals surface area contributed by atoms with Crippen molar-refractivity contribution in [3.63, 3.8) is 0 Å². The number of aryl methyl sites for hydroxylation is 1. The summed E-state index contributed by atoms with van der Waals surface area (Å²) >= 11 is 3.42. The van der Waals surface area contributed by atoms with Crippen molar-refractivity contribution in [2.75, 3.05) is 6.54 Å². The van der Waals surface area contributed by atoms with E-state index in [-0.39, 0.29) is 13.0 Å². The van der Waals surface area contributed by atoms with E-state index in [1.165, 1.54) is 11.0 Å². The summed E-state index contributed by atoms with van der Waals surface area (Å²) in [7, 11) is 0. The third-order valence-electron chi connectivity index (χ3n) is 3.41. The van der Waals surface area contributed by atoms with E-state index in [0.717, 1.165) is 15.6 Å². The van der Waals surface area contributed by atoms with Crippen molar-refractivity contribution in [2.45, 2.75) is 25.5 Å². The smallest absolute Gasteiger partial charge is 0.326 e. The van der Waals surface area contributed by atoms with Gasteiger partial charge >= 0.3 is 5.97 Å². The van der Waals surface area contributed by atoms with Crippen LogP contribution in [0.3, 0.4) is 0 Å². The van der Waals surface area contributed by atoms with Crippen molar-refractivity contribution in [1.29, 1.82) is 0 Å². The number of aliphatic carboxylic acids is 1. The molecule has 5 nitrogen and oxygen atoms in total. The Bertz CT molecular complexity index is 599. The van der Waals surface area contributed by atoms with Crippen LogP contribution in [-0.4, -0.2) is 45.7 Å². The topological polar surface area (TPSA) is 77.8 Å². The minimum atomic E-state index is -1.09. The van der Waals surface area contributed by atoms with Gasteiger partial charge in [0.25, 0.3) is 0 Å². The summed E-state index contributed by atoms with van der Waals surface area (Å²) in [6.45, 7) is 2.02. The molecule has 2 N–H and O–H groups in total. The Balaban J connectivity index is 2.13. The Morgan fingerprint density at radius 3 is 2.76 bits per heavy atom. The number of amides is 1. The van der Waals surface area contributed by atoms with Gasteiger partial charge in [0.05, 0.1) is 6.10 Å². The summed E-state index contributed by atoms with van der Waals surface area (Å²) in [6, 6.07) is 4.77. The quantitative estimate of drug-likeness (QED) is 0.812. The standard InChI is InChI=1S/C15H16BrNO4/c1-9-2-3-10(12(16)6-9)4-5-14(19)17-8-11(18)7-13(17)15(20)21/h2-6,11,13,18H,7-8H2,1H3,(H,20,21)/b5-4+/t11?,13-/m0/s1. The third-order valence-corrected chi connectivity index (χ3v) is 4.10. The Morgan fingerprint density at radius 1 is 1.43 bits per heavy atom. The number of hydrogen-bond donors (Lipinski definition) is 2. The first-order valence-corrected chi connectivity index (χ1v) is 7.33. The molecule has 1 unspecified atom stereocenters. The average molecular weight is 354 g/mol. The molecule has 2 atom stereocenters. The first kappa shape index (κ1) is 15.7. The molecule has 0 aromatic heterocycles. The van der Waals surface area contributed by atoms with Gasteiger partial charge in [-0.3, -0.25) is 4.79 Å². The molecule has 1 amide bonds. The third kappa shape index (κ3) is 3.71. The van der Waals surface area contributed by atoms with Crippen LogP contribution >= 0.6 is 15.9 Å². The van der Waals surface area contributed by atoms with Crippen LogP contribution in [0.4, 0.5) is 0 Å². The fraction of sp³-hybridized carbons (Fsp3) is 0.333. The molecular formula is C15H16BrNO4. The number of halogens is 1. The molecule has 0 aliphatic carbocycles. The second-order valence-corrected chi connectivity index (χ2v) is 5.95. The maximum atomic E-state index is 12.1. The molecule has 6 heteroatoms. The van der Waals surface area contributed by atoms with E-state index in [9.17, 15) is 14.7 Å². The molecule has 21 heavy (non-hydrogen) atoms. The number of nitrogens with zero attached hydrogens (tertiary/aromatic N) is 1. The molecule has 1 aromatic rings. The second kappa shape index (κ2) is 6.41. The van der Waals surface area contributed by atoms with Crippen molar-refractivity contribution in [2.24, 2.45) is 0 Å². The maximum Gasteiger partial charge on any atom is 0.326 e. The lowest BCUT2D eigenvalue weighted by Crippen LogP contribution is -2.39. The normalized spacial score (nSPS) is 22.0. The van der Waals surface area contributed by atoms with Crippen LogP contribution in [0.1, 0.15) is 17.5 Å². The minimum Gasteiger partial charge on any atom is -0.480 e. The first-order chi connectivity index (χ1) is 9.88. The predicted octanol–water partition coefficient (Wildman–Crippen LogP) is 1.82.